The first-order valence-corrected chi connectivity index (χ1v) is 25.4. The first-order valence-electron chi connectivity index (χ1n) is 25.4. The highest BCUT2D eigenvalue weighted by Gasteiger charge is 2.24. The van der Waals surface area contributed by atoms with Crippen LogP contribution in [0, 0.1) is 0 Å². The SMILES string of the molecule is CC/C=C/C=C/C=C\CCCCCC(CC(=O)NC(CO)C(O)CCCCCCCCCCCC)OC(=O)CCCCCCCCCCC/C=C/CCCCCCCC. The lowest BCUT2D eigenvalue weighted by Crippen LogP contribution is -2.46. The number of esters is 1. The molecule has 3 atom stereocenters. The van der Waals surface area contributed by atoms with Gasteiger partial charge in [0, 0.05) is 6.42 Å². The monoisotopic (exact) mass is 828 g/mol. The Balaban J connectivity index is 4.50. The van der Waals surface area contributed by atoms with Crippen molar-refractivity contribution in [3.63, 3.8) is 0 Å². The van der Waals surface area contributed by atoms with Crippen molar-refractivity contribution in [3.05, 3.63) is 48.6 Å². The number of aliphatic hydroxyl groups is 2. The minimum atomic E-state index is -0.795. The number of hydrogen-bond acceptors (Lipinski definition) is 5. The van der Waals surface area contributed by atoms with Crippen LogP contribution >= 0.6 is 0 Å². The van der Waals surface area contributed by atoms with Crippen LogP contribution in [0.25, 0.3) is 0 Å². The van der Waals surface area contributed by atoms with Crippen molar-refractivity contribution in [2.24, 2.45) is 0 Å². The van der Waals surface area contributed by atoms with E-state index in [1.165, 1.54) is 135 Å². The Bertz CT molecular complexity index is 1020. The summed E-state index contributed by atoms with van der Waals surface area (Å²) in [5.74, 6) is -0.508. The van der Waals surface area contributed by atoms with Gasteiger partial charge in [-0.15, -0.1) is 0 Å². The van der Waals surface area contributed by atoms with Crippen LogP contribution in [-0.2, 0) is 14.3 Å². The summed E-state index contributed by atoms with van der Waals surface area (Å²) in [6.45, 7) is 6.32. The molecule has 0 heterocycles. The van der Waals surface area contributed by atoms with Crippen molar-refractivity contribution >= 4 is 11.9 Å². The van der Waals surface area contributed by atoms with E-state index in [-0.39, 0.29) is 24.9 Å². The fourth-order valence-electron chi connectivity index (χ4n) is 7.60. The van der Waals surface area contributed by atoms with E-state index in [0.717, 1.165) is 70.6 Å². The molecule has 6 nitrogen and oxygen atoms in total. The van der Waals surface area contributed by atoms with E-state index >= 15 is 0 Å². The van der Waals surface area contributed by atoms with Crippen LogP contribution in [0.15, 0.2) is 48.6 Å². The highest BCUT2D eigenvalue weighted by Crippen LogP contribution is 2.17. The van der Waals surface area contributed by atoms with Crippen molar-refractivity contribution in [3.8, 4) is 0 Å². The fraction of sp³-hybridized carbons (Fsp3) is 0.811. The number of allylic oxidation sites excluding steroid dienone is 8. The second-order valence-electron chi connectivity index (χ2n) is 17.2. The van der Waals surface area contributed by atoms with Gasteiger partial charge in [0.15, 0.2) is 0 Å². The number of unbranched alkanes of at least 4 members (excludes halogenated alkanes) is 27. The van der Waals surface area contributed by atoms with Crippen LogP contribution in [0.3, 0.4) is 0 Å². The van der Waals surface area contributed by atoms with E-state index in [2.05, 4.69) is 62.5 Å². The molecule has 1 amide bonds. The van der Waals surface area contributed by atoms with Crippen LogP contribution in [0.5, 0.6) is 0 Å². The number of rotatable bonds is 45. The molecule has 0 aromatic heterocycles. The minimum Gasteiger partial charge on any atom is -0.462 e. The summed E-state index contributed by atoms with van der Waals surface area (Å²) in [6.07, 6.45) is 56.1. The highest BCUT2D eigenvalue weighted by atomic mass is 16.5. The van der Waals surface area contributed by atoms with Gasteiger partial charge >= 0.3 is 5.97 Å². The molecule has 0 aromatic rings. The van der Waals surface area contributed by atoms with E-state index in [1.54, 1.807) is 0 Å². The summed E-state index contributed by atoms with van der Waals surface area (Å²) in [6, 6.07) is -0.711. The van der Waals surface area contributed by atoms with Gasteiger partial charge in [0.05, 0.1) is 25.2 Å². The molecule has 0 rings (SSSR count). The number of carbonyl (C=O) groups is 2. The Labute approximate surface area is 366 Å². The van der Waals surface area contributed by atoms with E-state index < -0.39 is 18.2 Å². The Kier molecular flexibility index (Phi) is 45.1. The average Bonchev–Trinajstić information content (AvgIpc) is 3.23. The summed E-state index contributed by atoms with van der Waals surface area (Å²) >= 11 is 0. The molecule has 0 saturated heterocycles. The summed E-state index contributed by atoms with van der Waals surface area (Å²) in [5.41, 5.74) is 0. The minimum absolute atomic E-state index is 0.0542. The van der Waals surface area contributed by atoms with Crippen LogP contribution in [0.2, 0.25) is 0 Å². The third-order valence-corrected chi connectivity index (χ3v) is 11.5. The average molecular weight is 828 g/mol. The Morgan fingerprint density at radius 3 is 1.44 bits per heavy atom. The van der Waals surface area contributed by atoms with Gasteiger partial charge in [-0.1, -0.05) is 217 Å². The molecule has 0 bridgehead atoms. The number of hydrogen-bond donors (Lipinski definition) is 3. The maximum Gasteiger partial charge on any atom is 0.306 e. The predicted octanol–water partition coefficient (Wildman–Crippen LogP) is 15.1. The van der Waals surface area contributed by atoms with Crippen molar-refractivity contribution in [1.82, 2.24) is 5.32 Å². The normalized spacial score (nSPS) is 13.6. The van der Waals surface area contributed by atoms with Gasteiger partial charge in [0.2, 0.25) is 5.91 Å². The molecule has 0 saturated carbocycles. The molecule has 0 fully saturated rings. The number of amides is 1. The maximum atomic E-state index is 13.1. The van der Waals surface area contributed by atoms with E-state index in [1.807, 2.05) is 12.2 Å². The molecule has 3 unspecified atom stereocenters. The lowest BCUT2D eigenvalue weighted by molar-refractivity contribution is -0.151. The maximum absolute atomic E-state index is 13.1. The Morgan fingerprint density at radius 2 is 0.932 bits per heavy atom. The van der Waals surface area contributed by atoms with Gasteiger partial charge < -0.3 is 20.3 Å². The zero-order valence-corrected chi connectivity index (χ0v) is 39.1. The predicted molar refractivity (Wildman–Crippen MR) is 255 cm³/mol. The lowest BCUT2D eigenvalue weighted by Gasteiger charge is -2.24. The Morgan fingerprint density at radius 1 is 0.508 bits per heavy atom. The molecule has 0 radical (unpaired) electrons. The van der Waals surface area contributed by atoms with E-state index in [9.17, 15) is 19.8 Å². The number of aliphatic hydroxyl groups excluding tert-OH is 2. The smallest absolute Gasteiger partial charge is 0.306 e. The third-order valence-electron chi connectivity index (χ3n) is 11.5. The van der Waals surface area contributed by atoms with Crippen LogP contribution < -0.4 is 5.32 Å². The molecule has 0 aliphatic rings. The molecular weight excluding hydrogens is 731 g/mol. The summed E-state index contributed by atoms with van der Waals surface area (Å²) < 4.78 is 5.91. The quantitative estimate of drug-likeness (QED) is 0.0246. The zero-order valence-electron chi connectivity index (χ0n) is 39.1. The fourth-order valence-corrected chi connectivity index (χ4v) is 7.60. The standard InChI is InChI=1S/C53H97NO5/c1-4-7-10-13-16-19-22-23-24-25-26-27-28-29-31-34-37-40-43-46-53(58)59-49(44-41-38-35-32-30-20-17-14-11-8-5-2)47-52(57)54-50(48-55)51(56)45-42-39-36-33-21-18-15-12-9-6-3/h8,11,14,17,20,23-24,30,49-51,55-56H,4-7,9-10,12-13,15-16,18-19,21-22,25-29,31-48H2,1-3H3,(H,54,57)/b11-8+,17-14+,24-23+,30-20-. The van der Waals surface area contributed by atoms with Gasteiger partial charge in [0.1, 0.15) is 6.10 Å². The van der Waals surface area contributed by atoms with Gasteiger partial charge in [-0.05, 0) is 70.6 Å². The molecule has 3 N–H and O–H groups in total. The van der Waals surface area contributed by atoms with Gasteiger partial charge in [0.25, 0.3) is 0 Å². The van der Waals surface area contributed by atoms with Crippen molar-refractivity contribution in [2.75, 3.05) is 6.61 Å². The molecule has 0 spiro atoms. The number of nitrogens with one attached hydrogen (secondary N) is 1. The molecule has 6 heteroatoms. The topological polar surface area (TPSA) is 95.9 Å². The van der Waals surface area contributed by atoms with Crippen molar-refractivity contribution in [2.45, 2.75) is 270 Å². The van der Waals surface area contributed by atoms with Crippen LogP contribution in [0.1, 0.15) is 252 Å². The number of ether oxygens (including phenoxy) is 1. The van der Waals surface area contributed by atoms with Gasteiger partial charge in [-0.3, -0.25) is 9.59 Å². The number of carbonyl (C=O) groups excluding carboxylic acids is 2. The third kappa shape index (κ3) is 42.3. The molecular formula is C53H97NO5. The second kappa shape index (κ2) is 46.9. The zero-order chi connectivity index (χ0) is 43.1. The van der Waals surface area contributed by atoms with E-state index in [0.29, 0.717) is 19.3 Å². The van der Waals surface area contributed by atoms with Crippen LogP contribution in [-0.4, -0.2) is 46.9 Å². The molecule has 0 aliphatic heterocycles. The summed E-state index contributed by atoms with van der Waals surface area (Å²) in [7, 11) is 0. The van der Waals surface area contributed by atoms with Crippen LogP contribution in [0.4, 0.5) is 0 Å². The summed E-state index contributed by atoms with van der Waals surface area (Å²) in [4.78, 5) is 26.1. The van der Waals surface area contributed by atoms with E-state index in [4.69, 9.17) is 4.74 Å². The summed E-state index contributed by atoms with van der Waals surface area (Å²) in [5, 5.41) is 23.6. The second-order valence-corrected chi connectivity index (χ2v) is 17.2. The van der Waals surface area contributed by atoms with Gasteiger partial charge in [-0.2, -0.15) is 0 Å². The highest BCUT2D eigenvalue weighted by molar-refractivity contribution is 5.77. The molecule has 344 valence electrons. The molecule has 0 aliphatic carbocycles. The Hall–Kier alpha value is -2.18. The first-order chi connectivity index (χ1) is 29.0. The lowest BCUT2D eigenvalue weighted by atomic mass is 10.0. The molecule has 0 aromatic carbocycles. The van der Waals surface area contributed by atoms with Gasteiger partial charge in [-0.25, -0.2) is 0 Å². The largest absolute Gasteiger partial charge is 0.462 e. The molecule has 59 heavy (non-hydrogen) atoms. The first kappa shape index (κ1) is 56.8. The van der Waals surface area contributed by atoms with Crippen molar-refractivity contribution < 1.29 is 24.5 Å². The van der Waals surface area contributed by atoms with Crippen molar-refractivity contribution in [1.29, 1.82) is 0 Å².